The minimum Gasteiger partial charge on any atom is -0.392 e. The quantitative estimate of drug-likeness (QED) is 0.813. The van der Waals surface area contributed by atoms with Crippen LogP contribution in [0.4, 0.5) is 5.69 Å². The summed E-state index contributed by atoms with van der Waals surface area (Å²) in [4.78, 5) is 8.05. The van der Waals surface area contributed by atoms with Gasteiger partial charge in [0.15, 0.2) is 0 Å². The van der Waals surface area contributed by atoms with E-state index in [1.54, 1.807) is 24.7 Å². The highest BCUT2D eigenvalue weighted by molar-refractivity contribution is 5.48. The molecule has 0 aliphatic heterocycles. The summed E-state index contributed by atoms with van der Waals surface area (Å²) in [5.74, 6) is 0. The van der Waals surface area contributed by atoms with Crippen LogP contribution < -0.4 is 5.32 Å². The number of aliphatic hydroxyl groups is 1. The van der Waals surface area contributed by atoms with Crippen LogP contribution >= 0.6 is 0 Å². The third-order valence-corrected chi connectivity index (χ3v) is 2.29. The third kappa shape index (κ3) is 2.55. The maximum atomic E-state index is 9.14. The molecule has 0 aromatic carbocycles. The van der Waals surface area contributed by atoms with Crippen LogP contribution in [0.1, 0.15) is 11.1 Å². The number of nitrogens with one attached hydrogen (secondary N) is 1. The Morgan fingerprint density at radius 3 is 2.75 bits per heavy atom. The third-order valence-electron chi connectivity index (χ3n) is 2.29. The largest absolute Gasteiger partial charge is 0.392 e. The summed E-state index contributed by atoms with van der Waals surface area (Å²) in [6.07, 6.45) is 6.93. The summed E-state index contributed by atoms with van der Waals surface area (Å²) < 4.78 is 0. The van der Waals surface area contributed by atoms with Crippen LogP contribution in [0, 0.1) is 0 Å². The topological polar surface area (TPSA) is 58.0 Å². The van der Waals surface area contributed by atoms with Crippen molar-refractivity contribution in [1.82, 2.24) is 9.97 Å². The van der Waals surface area contributed by atoms with Crippen molar-refractivity contribution in [3.8, 4) is 0 Å². The normalized spacial score (nSPS) is 10.1. The highest BCUT2D eigenvalue weighted by atomic mass is 16.3. The smallest absolute Gasteiger partial charge is 0.0703 e. The molecule has 0 aliphatic carbocycles. The molecule has 4 nitrogen and oxygen atoms in total. The number of nitrogens with zero attached hydrogens (tertiary/aromatic N) is 2. The Bertz CT molecular complexity index is 445. The van der Waals surface area contributed by atoms with Crippen LogP contribution in [0.2, 0.25) is 0 Å². The lowest BCUT2D eigenvalue weighted by molar-refractivity contribution is 0.282. The molecule has 2 N–H and O–H groups in total. The highest BCUT2D eigenvalue weighted by Crippen LogP contribution is 2.14. The molecule has 4 heteroatoms. The van der Waals surface area contributed by atoms with Gasteiger partial charge in [-0.05, 0) is 17.7 Å². The molecule has 0 saturated carbocycles. The minimum absolute atomic E-state index is 0.0118. The number of aromatic nitrogens is 2. The molecule has 0 fully saturated rings. The Morgan fingerprint density at radius 1 is 1.12 bits per heavy atom. The van der Waals surface area contributed by atoms with Gasteiger partial charge in [0.05, 0.1) is 18.5 Å². The van der Waals surface area contributed by atoms with E-state index in [1.165, 1.54) is 0 Å². The van der Waals surface area contributed by atoms with Gasteiger partial charge >= 0.3 is 0 Å². The van der Waals surface area contributed by atoms with Crippen molar-refractivity contribution in [3.05, 3.63) is 54.1 Å². The molecule has 82 valence electrons. The number of aliphatic hydroxyl groups excluding tert-OH is 1. The molecule has 0 aliphatic rings. The Kier molecular flexibility index (Phi) is 3.46. The summed E-state index contributed by atoms with van der Waals surface area (Å²) >= 11 is 0. The molecule has 0 bridgehead atoms. The van der Waals surface area contributed by atoms with E-state index in [0.29, 0.717) is 6.54 Å². The van der Waals surface area contributed by atoms with Gasteiger partial charge in [-0.25, -0.2) is 0 Å². The monoisotopic (exact) mass is 215 g/mol. The van der Waals surface area contributed by atoms with Crippen molar-refractivity contribution >= 4 is 5.69 Å². The van der Waals surface area contributed by atoms with Crippen molar-refractivity contribution in [2.75, 3.05) is 5.32 Å². The van der Waals surface area contributed by atoms with Crippen LogP contribution in [-0.2, 0) is 13.2 Å². The Balaban J connectivity index is 2.05. The summed E-state index contributed by atoms with van der Waals surface area (Å²) in [5, 5.41) is 12.4. The van der Waals surface area contributed by atoms with Crippen LogP contribution in [-0.4, -0.2) is 15.1 Å². The van der Waals surface area contributed by atoms with Gasteiger partial charge in [-0.1, -0.05) is 6.07 Å². The predicted molar refractivity (Wildman–Crippen MR) is 61.7 cm³/mol. The fraction of sp³-hybridized carbons (Fsp3) is 0.167. The molecule has 2 aromatic rings. The average Bonchev–Trinajstić information content (AvgIpc) is 2.38. The van der Waals surface area contributed by atoms with Crippen LogP contribution in [0.5, 0.6) is 0 Å². The van der Waals surface area contributed by atoms with Gasteiger partial charge in [0.2, 0.25) is 0 Å². The first-order valence-corrected chi connectivity index (χ1v) is 5.06. The van der Waals surface area contributed by atoms with E-state index < -0.39 is 0 Å². The van der Waals surface area contributed by atoms with Crippen LogP contribution in [0.15, 0.2) is 43.0 Å². The Labute approximate surface area is 94.0 Å². The van der Waals surface area contributed by atoms with Crippen molar-refractivity contribution in [1.29, 1.82) is 0 Å². The molecule has 0 atom stereocenters. The molecule has 0 saturated heterocycles. The number of anilines is 1. The Hall–Kier alpha value is -1.94. The van der Waals surface area contributed by atoms with Crippen LogP contribution in [0.25, 0.3) is 0 Å². The van der Waals surface area contributed by atoms with Gasteiger partial charge in [0, 0.05) is 30.7 Å². The number of hydrogen-bond acceptors (Lipinski definition) is 4. The molecular formula is C12H13N3O. The summed E-state index contributed by atoms with van der Waals surface area (Å²) in [6.45, 7) is 0.685. The molecule has 16 heavy (non-hydrogen) atoms. The van der Waals surface area contributed by atoms with E-state index in [2.05, 4.69) is 15.3 Å². The molecule has 2 aromatic heterocycles. The summed E-state index contributed by atoms with van der Waals surface area (Å²) in [7, 11) is 0. The average molecular weight is 215 g/mol. The lowest BCUT2D eigenvalue weighted by atomic mass is 10.2. The molecule has 0 spiro atoms. The second kappa shape index (κ2) is 5.23. The SMILES string of the molecule is OCc1ccncc1NCc1cccnc1. The van der Waals surface area contributed by atoms with E-state index >= 15 is 0 Å². The van der Waals surface area contributed by atoms with E-state index in [4.69, 9.17) is 5.11 Å². The maximum Gasteiger partial charge on any atom is 0.0703 e. The van der Waals surface area contributed by atoms with Gasteiger partial charge in [0.25, 0.3) is 0 Å². The van der Waals surface area contributed by atoms with Crippen molar-refractivity contribution in [3.63, 3.8) is 0 Å². The van der Waals surface area contributed by atoms with Gasteiger partial charge in [-0.15, -0.1) is 0 Å². The fourth-order valence-electron chi connectivity index (χ4n) is 1.42. The lowest BCUT2D eigenvalue weighted by Gasteiger charge is -2.09. The summed E-state index contributed by atoms with van der Waals surface area (Å²) in [5.41, 5.74) is 2.79. The van der Waals surface area contributed by atoms with Crippen molar-refractivity contribution in [2.24, 2.45) is 0 Å². The number of rotatable bonds is 4. The maximum absolute atomic E-state index is 9.14. The first kappa shape index (κ1) is 10.6. The molecule has 0 amide bonds. The van der Waals surface area contributed by atoms with E-state index in [0.717, 1.165) is 16.8 Å². The molecular weight excluding hydrogens is 202 g/mol. The summed E-state index contributed by atoms with van der Waals surface area (Å²) in [6, 6.07) is 5.69. The lowest BCUT2D eigenvalue weighted by Crippen LogP contribution is -2.03. The van der Waals surface area contributed by atoms with E-state index in [-0.39, 0.29) is 6.61 Å². The Morgan fingerprint density at radius 2 is 2.00 bits per heavy atom. The standard InChI is InChI=1S/C12H13N3O/c16-9-11-3-5-14-8-12(11)15-7-10-2-1-4-13-6-10/h1-6,8,15-16H,7,9H2. The van der Waals surface area contributed by atoms with Gasteiger partial charge in [-0.3, -0.25) is 9.97 Å². The zero-order valence-corrected chi connectivity index (χ0v) is 8.80. The van der Waals surface area contributed by atoms with Gasteiger partial charge in [-0.2, -0.15) is 0 Å². The van der Waals surface area contributed by atoms with Gasteiger partial charge < -0.3 is 10.4 Å². The zero-order valence-electron chi connectivity index (χ0n) is 8.80. The predicted octanol–water partition coefficient (Wildman–Crippen LogP) is 1.58. The second-order valence-corrected chi connectivity index (χ2v) is 3.41. The zero-order chi connectivity index (χ0) is 11.2. The highest BCUT2D eigenvalue weighted by Gasteiger charge is 2.00. The number of hydrogen-bond donors (Lipinski definition) is 2. The second-order valence-electron chi connectivity index (χ2n) is 3.41. The first-order chi connectivity index (χ1) is 7.90. The minimum atomic E-state index is 0.0118. The molecule has 2 heterocycles. The van der Waals surface area contributed by atoms with Crippen molar-refractivity contribution < 1.29 is 5.11 Å². The first-order valence-electron chi connectivity index (χ1n) is 5.06. The molecule has 2 rings (SSSR count). The van der Waals surface area contributed by atoms with Crippen molar-refractivity contribution in [2.45, 2.75) is 13.2 Å². The molecule has 0 unspecified atom stereocenters. The number of pyridine rings is 2. The van der Waals surface area contributed by atoms with Crippen LogP contribution in [0.3, 0.4) is 0 Å². The fourth-order valence-corrected chi connectivity index (χ4v) is 1.42. The molecule has 0 radical (unpaired) electrons. The van der Waals surface area contributed by atoms with E-state index in [9.17, 15) is 0 Å². The van der Waals surface area contributed by atoms with Gasteiger partial charge in [0.1, 0.15) is 0 Å². The van der Waals surface area contributed by atoms with E-state index in [1.807, 2.05) is 18.3 Å².